The zero-order valence-electron chi connectivity index (χ0n) is 27.3. The smallest absolute Gasteiger partial charge is 0.494 e. The zero-order valence-corrected chi connectivity index (χ0v) is 28.2. The lowest BCUT2D eigenvalue weighted by Gasteiger charge is -2.32. The van der Waals surface area contributed by atoms with Gasteiger partial charge in [0.15, 0.2) is 5.76 Å². The fraction of sp³-hybridized carbons (Fsp3) is 0.306. The number of furan rings is 1. The largest absolute Gasteiger partial charge is 0.548 e. The minimum atomic E-state index is -2.09. The molecule has 12 heteroatoms. The third-order valence-electron chi connectivity index (χ3n) is 7.67. The highest BCUT2D eigenvalue weighted by atomic mass is 31.1. The van der Waals surface area contributed by atoms with E-state index >= 15 is 0 Å². The van der Waals surface area contributed by atoms with E-state index in [4.69, 9.17) is 18.5 Å². The van der Waals surface area contributed by atoms with Crippen LogP contribution < -0.4 is 20.7 Å². The molecule has 252 valence electrons. The van der Waals surface area contributed by atoms with E-state index in [2.05, 4.69) is 10.6 Å². The van der Waals surface area contributed by atoms with Crippen LogP contribution in [0.15, 0.2) is 95.4 Å². The van der Waals surface area contributed by atoms with Gasteiger partial charge in [-0.05, 0) is 60.1 Å². The van der Waals surface area contributed by atoms with Crippen LogP contribution in [-0.4, -0.2) is 49.7 Å². The Morgan fingerprint density at radius 1 is 0.938 bits per heavy atom. The zero-order chi connectivity index (χ0) is 34.3. The van der Waals surface area contributed by atoms with Gasteiger partial charge in [-0.1, -0.05) is 67.6 Å². The molecule has 0 saturated carbocycles. The molecule has 1 aromatic heterocycles. The van der Waals surface area contributed by atoms with E-state index in [1.54, 1.807) is 24.3 Å². The van der Waals surface area contributed by atoms with Crippen molar-refractivity contribution in [1.82, 2.24) is 15.7 Å². The summed E-state index contributed by atoms with van der Waals surface area (Å²) in [7, 11) is -0.742. The van der Waals surface area contributed by atoms with Gasteiger partial charge in [0.05, 0.1) is 32.3 Å². The van der Waals surface area contributed by atoms with Gasteiger partial charge in [-0.3, -0.25) is 19.2 Å². The van der Waals surface area contributed by atoms with Crippen molar-refractivity contribution in [2.75, 3.05) is 20.4 Å². The van der Waals surface area contributed by atoms with Crippen molar-refractivity contribution < 1.29 is 37.5 Å². The highest BCUT2D eigenvalue weighted by molar-refractivity contribution is 7.48. The number of nitrogens with one attached hydrogen (secondary N) is 2. The second kappa shape index (κ2) is 18.5. The first-order valence-electron chi connectivity index (χ1n) is 15.8. The fourth-order valence-electron chi connectivity index (χ4n) is 5.27. The van der Waals surface area contributed by atoms with Gasteiger partial charge in [0.2, 0.25) is 17.6 Å². The first kappa shape index (κ1) is 36.0. The molecule has 2 N–H and O–H groups in total. The maximum atomic E-state index is 13.6. The number of rotatable bonds is 19. The molecule has 0 spiro atoms. The van der Waals surface area contributed by atoms with Gasteiger partial charge in [0, 0.05) is 17.7 Å². The average Bonchev–Trinajstić information content (AvgIpc) is 3.62. The quantitative estimate of drug-likeness (QED) is 0.0553. The maximum absolute atomic E-state index is 13.6. The first-order chi connectivity index (χ1) is 23.4. The molecule has 11 nitrogen and oxygen atoms in total. The summed E-state index contributed by atoms with van der Waals surface area (Å²) in [6.45, 7) is 4.14. The molecule has 0 aliphatic rings. The number of carbonyl (C=O) groups excluding carboxylic acids is 3. The van der Waals surface area contributed by atoms with Crippen LogP contribution in [0, 0.1) is 5.92 Å². The standard InChI is InChI=1S/C36H40N3O8P/c1-4-32(39(25-40)46-23-27-14-10-7-11-15-27)31(17-16-26-12-8-6-9-13-26)35(41)37-24-38-36(42)34-19-18-33(47-34)28-20-29(45-5-2)22-30(21-28)48(43)44-3/h6-15,18-22,25,31-32H,4-5,16-17,23-24H2,1-3H3,(H-,37,38,41,42)/p+1/t31-,32-/m1/s1. The Balaban J connectivity index is 1.43. The normalized spacial score (nSPS) is 12.4. The summed E-state index contributed by atoms with van der Waals surface area (Å²) in [5.74, 6) is -0.634. The van der Waals surface area contributed by atoms with Crippen LogP contribution in [0.2, 0.25) is 0 Å². The Kier molecular flexibility index (Phi) is 13.9. The highest BCUT2D eigenvalue weighted by Gasteiger charge is 2.32. The molecular formula is C36H41N3O8P+. The van der Waals surface area contributed by atoms with E-state index in [9.17, 15) is 18.9 Å². The summed E-state index contributed by atoms with van der Waals surface area (Å²) in [5, 5.41) is 7.11. The van der Waals surface area contributed by atoms with Gasteiger partial charge in [0.1, 0.15) is 18.1 Å². The predicted octanol–water partition coefficient (Wildman–Crippen LogP) is 5.78. The Hall–Kier alpha value is -4.83. The average molecular weight is 675 g/mol. The van der Waals surface area contributed by atoms with Gasteiger partial charge in [0.25, 0.3) is 5.91 Å². The number of nitrogens with zero attached hydrogens (tertiary/aromatic N) is 1. The van der Waals surface area contributed by atoms with E-state index in [0.717, 1.165) is 11.1 Å². The van der Waals surface area contributed by atoms with Crippen molar-refractivity contribution in [3.63, 3.8) is 0 Å². The maximum Gasteiger partial charge on any atom is 0.548 e. The summed E-state index contributed by atoms with van der Waals surface area (Å²) < 4.78 is 28.7. The fourth-order valence-corrected chi connectivity index (χ4v) is 5.95. The number of aryl methyl sites for hydroxylation is 1. The minimum absolute atomic E-state index is 0.0206. The third-order valence-corrected chi connectivity index (χ3v) is 8.68. The Morgan fingerprint density at radius 3 is 2.29 bits per heavy atom. The van der Waals surface area contributed by atoms with Crippen molar-refractivity contribution in [2.45, 2.75) is 45.8 Å². The summed E-state index contributed by atoms with van der Waals surface area (Å²) in [6.07, 6.45) is 2.12. The molecule has 0 bridgehead atoms. The van der Waals surface area contributed by atoms with Crippen molar-refractivity contribution in [3.05, 3.63) is 108 Å². The Bertz CT molecular complexity index is 1650. The molecule has 4 aromatic rings. The monoisotopic (exact) mass is 674 g/mol. The number of amides is 3. The summed E-state index contributed by atoms with van der Waals surface area (Å²) >= 11 is 0. The molecule has 0 aliphatic heterocycles. The molecule has 48 heavy (non-hydrogen) atoms. The molecule has 1 heterocycles. The topological polar surface area (TPSA) is 136 Å². The molecular weight excluding hydrogens is 633 g/mol. The summed E-state index contributed by atoms with van der Waals surface area (Å²) in [4.78, 5) is 44.7. The molecule has 0 radical (unpaired) electrons. The number of hydrogen-bond donors (Lipinski definition) is 2. The van der Waals surface area contributed by atoms with Crippen LogP contribution in [-0.2, 0) is 36.5 Å². The SMILES string of the molecule is CCOc1cc(-c2ccc(C(=O)NCNC(=O)[C@H](CCc3ccccc3)[C@@H](CC)N(C=O)OCc3ccccc3)o2)cc([P+](=O)OC)c1. The lowest BCUT2D eigenvalue weighted by Crippen LogP contribution is -2.48. The molecule has 3 aromatic carbocycles. The van der Waals surface area contributed by atoms with Crippen molar-refractivity contribution in [1.29, 1.82) is 0 Å². The molecule has 0 aliphatic carbocycles. The van der Waals surface area contributed by atoms with E-state index in [1.807, 2.05) is 74.5 Å². The number of benzene rings is 3. The van der Waals surface area contributed by atoms with Crippen molar-refractivity contribution in [3.8, 4) is 17.1 Å². The first-order valence-corrected chi connectivity index (χ1v) is 16.9. The van der Waals surface area contributed by atoms with E-state index in [-0.39, 0.29) is 24.9 Å². The van der Waals surface area contributed by atoms with E-state index < -0.39 is 25.9 Å². The summed E-state index contributed by atoms with van der Waals surface area (Å²) in [6, 6.07) is 26.8. The van der Waals surface area contributed by atoms with Crippen molar-refractivity contribution in [2.24, 2.45) is 5.92 Å². The number of hydroxylamine groups is 2. The summed E-state index contributed by atoms with van der Waals surface area (Å²) in [5.41, 5.74) is 2.51. The Morgan fingerprint density at radius 2 is 1.65 bits per heavy atom. The van der Waals surface area contributed by atoms with E-state index in [1.165, 1.54) is 18.2 Å². The van der Waals surface area contributed by atoms with Gasteiger partial charge >= 0.3 is 8.03 Å². The predicted molar refractivity (Wildman–Crippen MR) is 182 cm³/mol. The number of ether oxygens (including phenoxy) is 1. The lowest BCUT2D eigenvalue weighted by atomic mass is 9.90. The van der Waals surface area contributed by atoms with Gasteiger partial charge in [-0.2, -0.15) is 0 Å². The second-order valence-electron chi connectivity index (χ2n) is 10.8. The molecule has 4 rings (SSSR count). The van der Waals surface area contributed by atoms with Gasteiger partial charge in [-0.15, -0.1) is 4.52 Å². The number of hydrogen-bond acceptors (Lipinski definition) is 8. The number of carbonyl (C=O) groups is 3. The minimum Gasteiger partial charge on any atom is -0.494 e. The van der Waals surface area contributed by atoms with Crippen LogP contribution in [0.5, 0.6) is 5.75 Å². The van der Waals surface area contributed by atoms with Gasteiger partial charge < -0.3 is 19.8 Å². The molecule has 3 atom stereocenters. The van der Waals surface area contributed by atoms with Crippen molar-refractivity contribution >= 4 is 31.6 Å². The second-order valence-corrected chi connectivity index (χ2v) is 12.2. The molecule has 0 fully saturated rings. The van der Waals surface area contributed by atoms with Crippen LogP contribution in [0.3, 0.4) is 0 Å². The molecule has 1 unspecified atom stereocenters. The van der Waals surface area contributed by atoms with Crippen LogP contribution >= 0.6 is 8.03 Å². The molecule has 3 amide bonds. The van der Waals surface area contributed by atoms with E-state index in [0.29, 0.717) is 54.7 Å². The van der Waals surface area contributed by atoms with Crippen LogP contribution in [0.25, 0.3) is 11.3 Å². The highest BCUT2D eigenvalue weighted by Crippen LogP contribution is 2.30. The third kappa shape index (κ3) is 10.1. The lowest BCUT2D eigenvalue weighted by molar-refractivity contribution is -0.200. The van der Waals surface area contributed by atoms with Crippen LogP contribution in [0.1, 0.15) is 48.4 Å². The Labute approximate surface area is 281 Å². The van der Waals surface area contributed by atoms with Gasteiger partial charge in [-0.25, -0.2) is 5.06 Å². The molecule has 0 saturated heterocycles. The van der Waals surface area contributed by atoms with Crippen LogP contribution in [0.4, 0.5) is 0 Å².